The van der Waals surface area contributed by atoms with Crippen LogP contribution in [0.5, 0.6) is 11.5 Å². The highest BCUT2D eigenvalue weighted by atomic mass is 32.2. The number of hydrogen-bond donors (Lipinski definition) is 1. The number of hydrazone groups is 1. The van der Waals surface area contributed by atoms with E-state index in [2.05, 4.69) is 10.1 Å². The highest BCUT2D eigenvalue weighted by molar-refractivity contribution is 8.27. The van der Waals surface area contributed by atoms with Gasteiger partial charge in [0.05, 0.1) is 5.57 Å². The van der Waals surface area contributed by atoms with E-state index in [1.165, 1.54) is 6.08 Å². The van der Waals surface area contributed by atoms with Crippen molar-refractivity contribution in [3.63, 3.8) is 0 Å². The van der Waals surface area contributed by atoms with Gasteiger partial charge in [0.25, 0.3) is 5.91 Å². The molecule has 0 aliphatic carbocycles. The summed E-state index contributed by atoms with van der Waals surface area (Å²) in [6.07, 6.45) is -3.31. The second-order valence-electron chi connectivity index (χ2n) is 6.95. The zero-order chi connectivity index (χ0) is 23.6. The Morgan fingerprint density at radius 1 is 1.09 bits per heavy atom. The van der Waals surface area contributed by atoms with Gasteiger partial charge in [-0.1, -0.05) is 30.3 Å². The number of benzene rings is 2. The van der Waals surface area contributed by atoms with Gasteiger partial charge in [0.1, 0.15) is 24.7 Å². The first-order valence-electron chi connectivity index (χ1n) is 9.71. The van der Waals surface area contributed by atoms with Crippen LogP contribution in [0.1, 0.15) is 11.1 Å². The van der Waals surface area contributed by atoms with Gasteiger partial charge < -0.3 is 9.47 Å². The molecule has 33 heavy (non-hydrogen) atoms. The molecule has 11 heteroatoms. The van der Waals surface area contributed by atoms with E-state index in [1.54, 1.807) is 24.3 Å². The number of ether oxygens (including phenoxy) is 2. The van der Waals surface area contributed by atoms with Gasteiger partial charge in [-0.2, -0.15) is 28.3 Å². The fourth-order valence-corrected chi connectivity index (χ4v) is 3.72. The molecule has 2 heterocycles. The number of halogens is 3. The fourth-order valence-electron chi connectivity index (χ4n) is 2.96. The van der Waals surface area contributed by atoms with Crippen LogP contribution in [0, 0.1) is 12.3 Å². The second-order valence-corrected chi connectivity index (χ2v) is 7.91. The molecule has 0 aromatic heterocycles. The van der Waals surface area contributed by atoms with Crippen molar-refractivity contribution in [3.05, 3.63) is 65.2 Å². The monoisotopic (exact) mass is 474 g/mol. The number of nitrogens with zero attached hydrogens (tertiary/aromatic N) is 3. The molecule has 0 radical (unpaired) electrons. The van der Waals surface area contributed by atoms with Crippen molar-refractivity contribution in [3.8, 4) is 11.5 Å². The molecule has 1 amide bonds. The van der Waals surface area contributed by atoms with E-state index in [9.17, 15) is 18.0 Å². The Morgan fingerprint density at radius 3 is 2.48 bits per heavy atom. The molecule has 0 bridgehead atoms. The minimum atomic E-state index is -4.68. The highest BCUT2D eigenvalue weighted by Crippen LogP contribution is 2.35. The van der Waals surface area contributed by atoms with Gasteiger partial charge in [-0.05, 0) is 54.1 Å². The Morgan fingerprint density at radius 2 is 1.79 bits per heavy atom. The van der Waals surface area contributed by atoms with E-state index in [4.69, 9.17) is 14.9 Å². The van der Waals surface area contributed by atoms with E-state index < -0.39 is 23.0 Å². The van der Waals surface area contributed by atoms with Crippen LogP contribution in [0.3, 0.4) is 0 Å². The number of carbonyl (C=O) groups is 1. The Labute approximate surface area is 191 Å². The lowest BCUT2D eigenvalue weighted by Crippen LogP contribution is -2.35. The Bertz CT molecular complexity index is 1190. The number of carbonyl (C=O) groups excluding carboxylic acids is 1. The van der Waals surface area contributed by atoms with Crippen LogP contribution in [-0.4, -0.2) is 46.4 Å². The van der Waals surface area contributed by atoms with Crippen LogP contribution in [0.2, 0.25) is 0 Å². The molecule has 1 N–H and O–H groups in total. The standard InChI is InChI=1S/C22H17F3N4O3S/c1-13-4-2-3-5-17(13)32-11-10-31-15-8-6-14(7-9-15)12-16-18(26)29-21(27-19(16)30)33-20(28-29)22(23,24)25/h2-9,12,26H,10-11H2,1H3. The number of rotatable bonds is 6. The molecule has 4 rings (SSSR count). The smallest absolute Gasteiger partial charge is 0.441 e. The fraction of sp³-hybridized carbons (Fsp3) is 0.182. The maximum absolute atomic E-state index is 12.9. The van der Waals surface area contributed by atoms with Crippen molar-refractivity contribution in [2.75, 3.05) is 13.2 Å². The SMILES string of the molecule is Cc1ccccc1OCCOc1ccc(C=C2C(=N)N3N=C(C(F)(F)F)SC3=NC2=O)cc1. The van der Waals surface area contributed by atoms with Crippen molar-refractivity contribution in [2.24, 2.45) is 10.1 Å². The first-order chi connectivity index (χ1) is 15.7. The Hall–Kier alpha value is -3.60. The topological polar surface area (TPSA) is 87.3 Å². The third kappa shape index (κ3) is 5.08. The minimum absolute atomic E-state index is 0.160. The molecule has 170 valence electrons. The maximum atomic E-state index is 12.9. The van der Waals surface area contributed by atoms with E-state index in [0.717, 1.165) is 11.3 Å². The molecule has 0 unspecified atom stereocenters. The number of amidine groups is 2. The van der Waals surface area contributed by atoms with Crippen molar-refractivity contribution in [1.29, 1.82) is 5.41 Å². The van der Waals surface area contributed by atoms with Crippen molar-refractivity contribution < 1.29 is 27.4 Å². The number of para-hydroxylation sites is 1. The summed E-state index contributed by atoms with van der Waals surface area (Å²) in [5, 5.41) is 10.8. The first-order valence-corrected chi connectivity index (χ1v) is 10.5. The van der Waals surface area contributed by atoms with E-state index >= 15 is 0 Å². The number of amides is 1. The van der Waals surface area contributed by atoms with Crippen LogP contribution in [0.25, 0.3) is 6.08 Å². The average Bonchev–Trinajstić information content (AvgIpc) is 3.21. The zero-order valence-electron chi connectivity index (χ0n) is 17.2. The molecule has 0 atom stereocenters. The number of aryl methyl sites for hydroxylation is 1. The lowest BCUT2D eigenvalue weighted by Gasteiger charge is -2.20. The number of fused-ring (bicyclic) bond motifs is 1. The number of thioether (sulfide) groups is 1. The van der Waals surface area contributed by atoms with E-state index in [0.29, 0.717) is 29.5 Å². The molecular weight excluding hydrogens is 457 g/mol. The third-order valence-corrected chi connectivity index (χ3v) is 5.54. The predicted octanol–water partition coefficient (Wildman–Crippen LogP) is 4.63. The molecule has 0 spiro atoms. The van der Waals surface area contributed by atoms with Crippen molar-refractivity contribution >= 4 is 39.8 Å². The molecule has 2 aromatic rings. The summed E-state index contributed by atoms with van der Waals surface area (Å²) in [5.74, 6) is 0.0966. The van der Waals surface area contributed by atoms with Crippen LogP contribution in [0.15, 0.2) is 64.2 Å². The maximum Gasteiger partial charge on any atom is 0.441 e. The van der Waals surface area contributed by atoms with Gasteiger partial charge in [-0.25, -0.2) is 0 Å². The van der Waals surface area contributed by atoms with E-state index in [1.807, 2.05) is 31.2 Å². The number of hydrogen-bond acceptors (Lipinski definition) is 6. The summed E-state index contributed by atoms with van der Waals surface area (Å²) in [5.41, 5.74) is 1.42. The van der Waals surface area contributed by atoms with Crippen molar-refractivity contribution in [2.45, 2.75) is 13.1 Å². The zero-order valence-corrected chi connectivity index (χ0v) is 18.0. The number of alkyl halides is 3. The average molecular weight is 474 g/mol. The molecule has 7 nitrogen and oxygen atoms in total. The van der Waals surface area contributed by atoms with Crippen molar-refractivity contribution in [1.82, 2.24) is 5.01 Å². The largest absolute Gasteiger partial charge is 0.490 e. The van der Waals surface area contributed by atoms with Gasteiger partial charge in [-0.15, -0.1) is 0 Å². The molecule has 0 saturated carbocycles. The molecule has 2 aliphatic rings. The van der Waals surface area contributed by atoms with Gasteiger partial charge in [0.2, 0.25) is 10.2 Å². The Kier molecular flexibility index (Phi) is 6.23. The van der Waals surface area contributed by atoms with Crippen LogP contribution in [0.4, 0.5) is 13.2 Å². The van der Waals surface area contributed by atoms with Gasteiger partial charge >= 0.3 is 6.18 Å². The molecule has 0 fully saturated rings. The van der Waals surface area contributed by atoms with Crippen LogP contribution < -0.4 is 9.47 Å². The summed E-state index contributed by atoms with van der Waals surface area (Å²) in [6.45, 7) is 2.63. The quantitative estimate of drug-likeness (QED) is 0.487. The lowest BCUT2D eigenvalue weighted by atomic mass is 10.1. The van der Waals surface area contributed by atoms with Gasteiger partial charge in [0, 0.05) is 0 Å². The predicted molar refractivity (Wildman–Crippen MR) is 120 cm³/mol. The summed E-state index contributed by atoms with van der Waals surface area (Å²) >= 11 is 0.213. The minimum Gasteiger partial charge on any atom is -0.490 e. The van der Waals surface area contributed by atoms with E-state index in [-0.39, 0.29) is 22.5 Å². The highest BCUT2D eigenvalue weighted by Gasteiger charge is 2.46. The molecule has 2 aromatic carbocycles. The summed E-state index contributed by atoms with van der Waals surface area (Å²) in [7, 11) is 0. The van der Waals surface area contributed by atoms with Crippen LogP contribution >= 0.6 is 11.8 Å². The van der Waals surface area contributed by atoms with Gasteiger partial charge in [0.15, 0.2) is 5.84 Å². The summed E-state index contributed by atoms with van der Waals surface area (Å²) in [6, 6.07) is 14.3. The second kappa shape index (κ2) is 9.10. The molecule has 0 saturated heterocycles. The summed E-state index contributed by atoms with van der Waals surface area (Å²) < 4.78 is 50.0. The first kappa shape index (κ1) is 22.6. The normalized spacial score (nSPS) is 17.1. The third-order valence-electron chi connectivity index (χ3n) is 4.59. The summed E-state index contributed by atoms with van der Waals surface area (Å²) in [4.78, 5) is 15.9. The molecule has 2 aliphatic heterocycles. The van der Waals surface area contributed by atoms with Gasteiger partial charge in [-0.3, -0.25) is 10.2 Å². The molecular formula is C22H17F3N4O3S. The number of nitrogens with one attached hydrogen (secondary N) is 1. The lowest BCUT2D eigenvalue weighted by molar-refractivity contribution is -0.114. The van der Waals surface area contributed by atoms with Crippen LogP contribution in [-0.2, 0) is 4.79 Å². The Balaban J connectivity index is 1.38. The number of aliphatic imine (C=N–C) groups is 1.